The molecule has 0 aliphatic rings. The fraction of sp³-hybridized carbons (Fsp3) is 0.100. The lowest BCUT2D eigenvalue weighted by Crippen LogP contribution is -2.08. The highest BCUT2D eigenvalue weighted by Crippen LogP contribution is 2.28. The molecule has 0 bridgehead atoms. The highest BCUT2D eigenvalue weighted by atomic mass is 16.6. The summed E-state index contributed by atoms with van der Waals surface area (Å²) in [6.45, 7) is 2.03. The van der Waals surface area contributed by atoms with E-state index in [0.29, 0.717) is 11.5 Å². The average Bonchev–Trinajstić information content (AvgIpc) is 3.19. The number of carbonyl (C=O) groups is 1. The zero-order valence-corrected chi connectivity index (χ0v) is 14.4. The molecule has 0 atom stereocenters. The van der Waals surface area contributed by atoms with Crippen LogP contribution >= 0.6 is 0 Å². The van der Waals surface area contributed by atoms with Crippen LogP contribution in [0.5, 0.6) is 11.5 Å². The molecule has 0 aliphatic carbocycles. The molecular weight excluding hydrogens is 332 g/mol. The first-order valence-corrected chi connectivity index (χ1v) is 7.95. The Hall–Kier alpha value is -3.54. The van der Waals surface area contributed by atoms with Gasteiger partial charge >= 0.3 is 5.97 Å². The quantitative estimate of drug-likeness (QED) is 0.311. The average molecular weight is 350 g/mol. The van der Waals surface area contributed by atoms with Gasteiger partial charge in [-0.2, -0.15) is 5.10 Å². The Balaban J connectivity index is 1.68. The van der Waals surface area contributed by atoms with Crippen molar-refractivity contribution < 1.29 is 18.7 Å². The second kappa shape index (κ2) is 8.02. The number of aryl methyl sites for hydroxylation is 1. The zero-order valence-electron chi connectivity index (χ0n) is 14.4. The standard InChI is InChI=1S/C20H18N2O4/c1-14-5-8-16(9-6-14)22-21-13-15-7-10-17(19(12-15)24-2)26-20(23)18-4-3-11-25-18/h3-13,22H,1-2H3/b21-13-. The molecule has 3 aromatic rings. The van der Waals surface area contributed by atoms with E-state index in [2.05, 4.69) is 10.5 Å². The van der Waals surface area contributed by atoms with Gasteiger partial charge in [-0.05, 0) is 55.0 Å². The second-order valence-electron chi connectivity index (χ2n) is 5.51. The van der Waals surface area contributed by atoms with Gasteiger partial charge in [0.1, 0.15) is 0 Å². The van der Waals surface area contributed by atoms with Gasteiger partial charge in [0.15, 0.2) is 11.5 Å². The van der Waals surface area contributed by atoms with E-state index in [-0.39, 0.29) is 5.76 Å². The number of ether oxygens (including phenoxy) is 2. The lowest BCUT2D eigenvalue weighted by atomic mass is 10.2. The molecule has 0 radical (unpaired) electrons. The third-order valence-corrected chi connectivity index (χ3v) is 3.57. The number of carbonyl (C=O) groups excluding carboxylic acids is 1. The van der Waals surface area contributed by atoms with Crippen LogP contribution in [-0.2, 0) is 0 Å². The Morgan fingerprint density at radius 2 is 1.92 bits per heavy atom. The molecule has 0 amide bonds. The first-order chi connectivity index (χ1) is 12.7. The van der Waals surface area contributed by atoms with E-state index in [1.54, 1.807) is 30.5 Å². The molecule has 0 saturated heterocycles. The van der Waals surface area contributed by atoms with Crippen LogP contribution in [0.25, 0.3) is 0 Å². The molecule has 0 unspecified atom stereocenters. The zero-order chi connectivity index (χ0) is 18.4. The van der Waals surface area contributed by atoms with E-state index in [4.69, 9.17) is 13.9 Å². The Bertz CT molecular complexity index is 900. The first-order valence-electron chi connectivity index (χ1n) is 7.95. The van der Waals surface area contributed by atoms with E-state index in [0.717, 1.165) is 11.3 Å². The molecule has 0 saturated carbocycles. The lowest BCUT2D eigenvalue weighted by Gasteiger charge is -2.09. The number of methoxy groups -OCH3 is 1. The maximum atomic E-state index is 12.0. The van der Waals surface area contributed by atoms with Gasteiger partial charge in [-0.15, -0.1) is 0 Å². The monoisotopic (exact) mass is 350 g/mol. The van der Waals surface area contributed by atoms with Crippen molar-refractivity contribution in [1.82, 2.24) is 0 Å². The van der Waals surface area contributed by atoms with E-state index in [1.807, 2.05) is 31.2 Å². The van der Waals surface area contributed by atoms with Crippen LogP contribution < -0.4 is 14.9 Å². The predicted molar refractivity (Wildman–Crippen MR) is 99.1 cm³/mol. The highest BCUT2D eigenvalue weighted by Gasteiger charge is 2.14. The molecule has 0 aliphatic heterocycles. The number of furan rings is 1. The largest absolute Gasteiger partial charge is 0.493 e. The highest BCUT2D eigenvalue weighted by molar-refractivity contribution is 5.89. The number of rotatable bonds is 6. The van der Waals surface area contributed by atoms with E-state index in [1.165, 1.54) is 25.0 Å². The van der Waals surface area contributed by atoms with Crippen LogP contribution in [0, 0.1) is 6.92 Å². The van der Waals surface area contributed by atoms with Crippen LogP contribution in [0.2, 0.25) is 0 Å². The molecule has 0 spiro atoms. The maximum Gasteiger partial charge on any atom is 0.379 e. The Morgan fingerprint density at radius 1 is 1.12 bits per heavy atom. The molecule has 6 nitrogen and oxygen atoms in total. The second-order valence-corrected chi connectivity index (χ2v) is 5.51. The van der Waals surface area contributed by atoms with E-state index < -0.39 is 5.97 Å². The summed E-state index contributed by atoms with van der Waals surface area (Å²) in [5.41, 5.74) is 5.82. The first kappa shape index (κ1) is 17.3. The van der Waals surface area contributed by atoms with Crippen LogP contribution in [0.1, 0.15) is 21.7 Å². The van der Waals surface area contributed by atoms with Crippen molar-refractivity contribution in [1.29, 1.82) is 0 Å². The van der Waals surface area contributed by atoms with Gasteiger partial charge in [0, 0.05) is 0 Å². The van der Waals surface area contributed by atoms with Crippen molar-refractivity contribution in [3.63, 3.8) is 0 Å². The molecule has 1 aromatic heterocycles. The van der Waals surface area contributed by atoms with Crippen LogP contribution in [-0.4, -0.2) is 19.3 Å². The van der Waals surface area contributed by atoms with Gasteiger partial charge in [-0.25, -0.2) is 4.79 Å². The number of esters is 1. The van der Waals surface area contributed by atoms with Gasteiger partial charge in [0.25, 0.3) is 0 Å². The molecule has 0 fully saturated rings. The van der Waals surface area contributed by atoms with Gasteiger partial charge in [0.2, 0.25) is 5.76 Å². The van der Waals surface area contributed by atoms with E-state index >= 15 is 0 Å². The maximum absolute atomic E-state index is 12.0. The third kappa shape index (κ3) is 4.30. The van der Waals surface area contributed by atoms with E-state index in [9.17, 15) is 4.79 Å². The number of hydrogen-bond acceptors (Lipinski definition) is 6. The number of hydrogen-bond donors (Lipinski definition) is 1. The molecule has 1 heterocycles. The summed E-state index contributed by atoms with van der Waals surface area (Å²) < 4.78 is 15.6. The number of nitrogens with one attached hydrogen (secondary N) is 1. The topological polar surface area (TPSA) is 73.1 Å². The summed E-state index contributed by atoms with van der Waals surface area (Å²) >= 11 is 0. The fourth-order valence-corrected chi connectivity index (χ4v) is 2.20. The third-order valence-electron chi connectivity index (χ3n) is 3.57. The molecule has 26 heavy (non-hydrogen) atoms. The molecule has 3 rings (SSSR count). The molecular formula is C20H18N2O4. The minimum Gasteiger partial charge on any atom is -0.493 e. The molecule has 6 heteroatoms. The fourth-order valence-electron chi connectivity index (χ4n) is 2.20. The summed E-state index contributed by atoms with van der Waals surface area (Å²) in [6.07, 6.45) is 3.06. The summed E-state index contributed by atoms with van der Waals surface area (Å²) in [5, 5.41) is 4.19. The normalized spacial score (nSPS) is 10.7. The Labute approximate surface area is 151 Å². The predicted octanol–water partition coefficient (Wildman–Crippen LogP) is 4.26. The summed E-state index contributed by atoms with van der Waals surface area (Å²) in [6, 6.07) is 16.2. The number of anilines is 1. The van der Waals surface area contributed by atoms with Crippen LogP contribution in [0.3, 0.4) is 0 Å². The van der Waals surface area contributed by atoms with Gasteiger partial charge in [0.05, 0.1) is 25.3 Å². The van der Waals surface area contributed by atoms with Crippen molar-refractivity contribution in [2.24, 2.45) is 5.10 Å². The number of benzene rings is 2. The summed E-state index contributed by atoms with van der Waals surface area (Å²) in [5.74, 6) is 0.262. The van der Waals surface area contributed by atoms with Crippen LogP contribution in [0.15, 0.2) is 70.4 Å². The minimum atomic E-state index is -0.587. The summed E-state index contributed by atoms with van der Waals surface area (Å²) in [4.78, 5) is 12.0. The van der Waals surface area contributed by atoms with Crippen molar-refractivity contribution in [2.75, 3.05) is 12.5 Å². The van der Waals surface area contributed by atoms with Gasteiger partial charge in [-0.1, -0.05) is 17.7 Å². The minimum absolute atomic E-state index is 0.125. The smallest absolute Gasteiger partial charge is 0.379 e. The number of hydrazone groups is 1. The lowest BCUT2D eigenvalue weighted by molar-refractivity contribution is 0.0696. The Morgan fingerprint density at radius 3 is 2.62 bits per heavy atom. The van der Waals surface area contributed by atoms with Gasteiger partial charge in [-0.3, -0.25) is 5.43 Å². The van der Waals surface area contributed by atoms with Crippen molar-refractivity contribution in [3.8, 4) is 11.5 Å². The van der Waals surface area contributed by atoms with Crippen molar-refractivity contribution in [2.45, 2.75) is 6.92 Å². The van der Waals surface area contributed by atoms with Crippen molar-refractivity contribution >= 4 is 17.9 Å². The molecule has 1 N–H and O–H groups in total. The molecule has 132 valence electrons. The van der Waals surface area contributed by atoms with Crippen LogP contribution in [0.4, 0.5) is 5.69 Å². The summed E-state index contributed by atoms with van der Waals surface area (Å²) in [7, 11) is 1.50. The Kier molecular flexibility index (Phi) is 5.34. The molecule has 2 aromatic carbocycles. The van der Waals surface area contributed by atoms with Gasteiger partial charge < -0.3 is 13.9 Å². The van der Waals surface area contributed by atoms with Crippen molar-refractivity contribution in [3.05, 3.63) is 77.7 Å². The number of nitrogens with zero attached hydrogens (tertiary/aromatic N) is 1. The SMILES string of the molecule is COc1cc(/C=N\Nc2ccc(C)cc2)ccc1OC(=O)c1ccco1.